The maximum Gasteiger partial charge on any atom is 0.225 e. The monoisotopic (exact) mass is 476 g/mol. The number of rotatable bonds is 3. The Bertz CT molecular complexity index is 937. The van der Waals surface area contributed by atoms with Crippen molar-refractivity contribution < 1.29 is 9.90 Å². The van der Waals surface area contributed by atoms with Crippen molar-refractivity contribution in [2.45, 2.75) is 52.1 Å². The van der Waals surface area contributed by atoms with E-state index in [9.17, 15) is 9.90 Å². The molecule has 1 amide bonds. The molecule has 3 aliphatic rings. The first kappa shape index (κ1) is 21.9. The number of aliphatic hydroxyl groups excluding tert-OH is 1. The maximum absolute atomic E-state index is 13.2. The lowest BCUT2D eigenvalue weighted by atomic mass is 9.53. The van der Waals surface area contributed by atoms with E-state index in [1.165, 1.54) is 16.1 Å². The Hall–Kier alpha value is -0.890. The van der Waals surface area contributed by atoms with E-state index in [-0.39, 0.29) is 35.0 Å². The van der Waals surface area contributed by atoms with Crippen LogP contribution in [0.1, 0.15) is 50.1 Å². The highest BCUT2D eigenvalue weighted by molar-refractivity contribution is 7.99. The number of hydrogen-bond acceptors (Lipinski definition) is 6. The van der Waals surface area contributed by atoms with Gasteiger partial charge in [-0.1, -0.05) is 20.8 Å². The Morgan fingerprint density at radius 3 is 2.84 bits per heavy atom. The van der Waals surface area contributed by atoms with E-state index >= 15 is 0 Å². The number of carbonyl (C=O) groups excluding carboxylic acids is 1. The number of thiophene rings is 1. The number of aliphatic hydroxyl groups is 1. The van der Waals surface area contributed by atoms with Gasteiger partial charge in [0.05, 0.1) is 11.8 Å². The van der Waals surface area contributed by atoms with Gasteiger partial charge in [0.1, 0.15) is 5.01 Å². The topological polar surface area (TPSA) is 53.4 Å². The second kappa shape index (κ2) is 8.47. The summed E-state index contributed by atoms with van der Waals surface area (Å²) in [5.41, 5.74) is 2.47. The standard InChI is InChI=1S/C24H32N2O2S3/c1-14(23(28)26-7-10-29-11-8-26)17-4-6-24(3)12-18-20(15(2)19(24)21(17)27)25-22(31-18)16-5-9-30-13-16/h5,9,13-15,17,19,21,27H,4,6-8,10-12H2,1-3H3/t14-,15+,17-,19+,21-,24+/m0/s1. The van der Waals surface area contributed by atoms with Crippen molar-refractivity contribution in [3.8, 4) is 10.6 Å². The van der Waals surface area contributed by atoms with E-state index in [0.29, 0.717) is 0 Å². The second-order valence-electron chi connectivity index (χ2n) is 9.90. The number of nitrogens with zero attached hydrogens (tertiary/aromatic N) is 2. The minimum Gasteiger partial charge on any atom is -0.392 e. The van der Waals surface area contributed by atoms with Gasteiger partial charge in [-0.2, -0.15) is 23.1 Å². The number of amides is 1. The summed E-state index contributed by atoms with van der Waals surface area (Å²) in [4.78, 5) is 21.7. The normalized spacial score (nSPS) is 34.1. The van der Waals surface area contributed by atoms with Crippen LogP contribution in [0.5, 0.6) is 0 Å². The molecule has 2 aromatic rings. The molecular weight excluding hydrogens is 444 g/mol. The average molecular weight is 477 g/mol. The van der Waals surface area contributed by atoms with Gasteiger partial charge in [-0.15, -0.1) is 11.3 Å². The van der Waals surface area contributed by atoms with E-state index in [1.807, 2.05) is 28.0 Å². The molecule has 1 saturated heterocycles. The molecular formula is C24H32N2O2S3. The molecule has 2 fully saturated rings. The molecule has 5 rings (SSSR count). The average Bonchev–Trinajstić information content (AvgIpc) is 3.43. The van der Waals surface area contributed by atoms with Crippen LogP contribution in [0, 0.1) is 23.2 Å². The van der Waals surface area contributed by atoms with Gasteiger partial charge >= 0.3 is 0 Å². The van der Waals surface area contributed by atoms with Gasteiger partial charge in [-0.25, -0.2) is 4.98 Å². The quantitative estimate of drug-likeness (QED) is 0.667. The Morgan fingerprint density at radius 2 is 2.13 bits per heavy atom. The van der Waals surface area contributed by atoms with Crippen LogP contribution in [0.4, 0.5) is 0 Å². The van der Waals surface area contributed by atoms with Crippen LogP contribution in [0.2, 0.25) is 0 Å². The highest BCUT2D eigenvalue weighted by Gasteiger charge is 2.54. The summed E-state index contributed by atoms with van der Waals surface area (Å²) in [6.07, 6.45) is 2.55. The summed E-state index contributed by atoms with van der Waals surface area (Å²) in [6, 6.07) is 2.14. The first-order valence-electron chi connectivity index (χ1n) is 11.5. The molecule has 3 heterocycles. The second-order valence-corrected chi connectivity index (χ2v) is 13.0. The lowest BCUT2D eigenvalue weighted by Gasteiger charge is -2.53. The molecule has 0 bridgehead atoms. The number of carbonyl (C=O) groups is 1. The van der Waals surface area contributed by atoms with Crippen molar-refractivity contribution in [3.05, 3.63) is 27.4 Å². The summed E-state index contributed by atoms with van der Waals surface area (Å²) in [5, 5.41) is 17.0. The molecule has 0 aromatic carbocycles. The van der Waals surface area contributed by atoms with Gasteiger partial charge in [0.2, 0.25) is 5.91 Å². The van der Waals surface area contributed by atoms with Gasteiger partial charge in [0.15, 0.2) is 0 Å². The van der Waals surface area contributed by atoms with Crippen molar-refractivity contribution in [2.24, 2.45) is 23.2 Å². The third kappa shape index (κ3) is 3.79. The molecule has 4 nitrogen and oxygen atoms in total. The molecule has 7 heteroatoms. The molecule has 31 heavy (non-hydrogen) atoms. The lowest BCUT2D eigenvalue weighted by Crippen LogP contribution is -2.54. The molecule has 1 aliphatic heterocycles. The van der Waals surface area contributed by atoms with E-state index in [2.05, 4.69) is 37.6 Å². The van der Waals surface area contributed by atoms with Crippen LogP contribution >= 0.6 is 34.4 Å². The minimum absolute atomic E-state index is 0.0409. The SMILES string of the molecule is C[C@H](C(=O)N1CCSCC1)[C@@H]1CC[C@]2(C)Cc3sc(-c4ccsc4)nc3[C@H](C)[C@@H]2[C@H]1O. The molecule has 168 valence electrons. The van der Waals surface area contributed by atoms with Crippen LogP contribution in [0.15, 0.2) is 16.8 Å². The smallest absolute Gasteiger partial charge is 0.225 e. The highest BCUT2D eigenvalue weighted by atomic mass is 32.2. The number of thiazole rings is 1. The van der Waals surface area contributed by atoms with Crippen LogP contribution < -0.4 is 0 Å². The number of hydrogen-bond donors (Lipinski definition) is 1. The van der Waals surface area contributed by atoms with E-state index in [4.69, 9.17) is 4.98 Å². The summed E-state index contributed by atoms with van der Waals surface area (Å²) in [7, 11) is 0. The molecule has 0 spiro atoms. The van der Waals surface area contributed by atoms with Crippen molar-refractivity contribution >= 4 is 40.3 Å². The van der Waals surface area contributed by atoms with Gasteiger partial charge in [0.25, 0.3) is 0 Å². The van der Waals surface area contributed by atoms with E-state index < -0.39 is 6.10 Å². The molecule has 6 atom stereocenters. The molecule has 1 N–H and O–H groups in total. The van der Waals surface area contributed by atoms with Crippen LogP contribution in [0.25, 0.3) is 10.6 Å². The lowest BCUT2D eigenvalue weighted by molar-refractivity contribution is -0.144. The van der Waals surface area contributed by atoms with Crippen LogP contribution in [-0.2, 0) is 11.2 Å². The predicted octanol–water partition coefficient (Wildman–Crippen LogP) is 5.14. The van der Waals surface area contributed by atoms with Gasteiger partial charge in [-0.3, -0.25) is 4.79 Å². The molecule has 2 aromatic heterocycles. The zero-order chi connectivity index (χ0) is 21.8. The van der Waals surface area contributed by atoms with Gasteiger partial charge < -0.3 is 10.0 Å². The third-order valence-electron chi connectivity index (χ3n) is 8.04. The zero-order valence-corrected chi connectivity index (χ0v) is 21.0. The highest BCUT2D eigenvalue weighted by Crippen LogP contribution is 2.57. The number of aromatic nitrogens is 1. The number of fused-ring (bicyclic) bond motifs is 2. The predicted molar refractivity (Wildman–Crippen MR) is 131 cm³/mol. The molecule has 2 aliphatic carbocycles. The first-order chi connectivity index (χ1) is 14.9. The summed E-state index contributed by atoms with van der Waals surface area (Å²) in [5.74, 6) is 2.59. The fourth-order valence-corrected chi connectivity index (χ4v) is 9.29. The van der Waals surface area contributed by atoms with Gasteiger partial charge in [-0.05, 0) is 48.0 Å². The van der Waals surface area contributed by atoms with Crippen molar-refractivity contribution in [1.82, 2.24) is 9.88 Å². The van der Waals surface area contributed by atoms with E-state index in [0.717, 1.165) is 48.9 Å². The Morgan fingerprint density at radius 1 is 1.35 bits per heavy atom. The molecule has 0 unspecified atom stereocenters. The van der Waals surface area contributed by atoms with Crippen molar-refractivity contribution in [2.75, 3.05) is 24.6 Å². The van der Waals surface area contributed by atoms with Crippen molar-refractivity contribution in [1.29, 1.82) is 0 Å². The first-order valence-corrected chi connectivity index (χ1v) is 14.4. The van der Waals surface area contributed by atoms with Crippen LogP contribution in [0.3, 0.4) is 0 Å². The van der Waals surface area contributed by atoms with E-state index in [1.54, 1.807) is 11.3 Å². The minimum atomic E-state index is -0.452. The van der Waals surface area contributed by atoms with Crippen molar-refractivity contribution in [3.63, 3.8) is 0 Å². The summed E-state index contributed by atoms with van der Waals surface area (Å²) < 4.78 is 0. The summed E-state index contributed by atoms with van der Waals surface area (Å²) >= 11 is 5.47. The van der Waals surface area contributed by atoms with Crippen LogP contribution in [-0.4, -0.2) is 51.6 Å². The maximum atomic E-state index is 13.2. The fraction of sp³-hybridized carbons (Fsp3) is 0.667. The summed E-state index contributed by atoms with van der Waals surface area (Å²) in [6.45, 7) is 8.35. The molecule has 0 radical (unpaired) electrons. The Balaban J connectivity index is 1.40. The Labute approximate surface area is 197 Å². The third-order valence-corrected chi connectivity index (χ3v) is 10.8. The Kier molecular flexibility index (Phi) is 5.99. The number of thioether (sulfide) groups is 1. The zero-order valence-electron chi connectivity index (χ0n) is 18.5. The van der Waals surface area contributed by atoms with Gasteiger partial charge in [0, 0.05) is 52.3 Å². The largest absolute Gasteiger partial charge is 0.392 e. The fourth-order valence-electron chi connectivity index (χ4n) is 6.31. The molecule has 1 saturated carbocycles.